The average Bonchev–Trinajstić information content (AvgIpc) is 2.33. The Balaban J connectivity index is 2.90. The highest BCUT2D eigenvalue weighted by Gasteiger charge is 2.37. The molecule has 12 heteroatoms. The van der Waals surface area contributed by atoms with Crippen molar-refractivity contribution in [3.63, 3.8) is 0 Å². The van der Waals surface area contributed by atoms with Crippen molar-refractivity contribution in [2.75, 3.05) is 0 Å². The van der Waals surface area contributed by atoms with Crippen molar-refractivity contribution in [2.45, 2.75) is 5.52 Å². The number of hydrogen-bond donors (Lipinski definition) is 5. The number of amides is 1. The maximum atomic E-state index is 11.7. The monoisotopic (exact) mass is 324 g/mol. The molecule has 0 saturated heterocycles. The van der Waals surface area contributed by atoms with Gasteiger partial charge in [-0.3, -0.25) is 19.5 Å². The highest BCUT2D eigenvalue weighted by atomic mass is 31.2. The van der Waals surface area contributed by atoms with Gasteiger partial charge in [0.1, 0.15) is 0 Å². The van der Waals surface area contributed by atoms with Crippen LogP contribution in [0.1, 0.15) is 10.4 Å². The minimum absolute atomic E-state index is 0.120. The molecule has 10 nitrogen and oxygen atoms in total. The minimum Gasteiger partial charge on any atom is -0.348 e. The van der Waals surface area contributed by atoms with Crippen LogP contribution in [-0.4, -0.2) is 35.9 Å². The summed E-state index contributed by atoms with van der Waals surface area (Å²) >= 11 is 0. The van der Waals surface area contributed by atoms with Gasteiger partial charge in [-0.05, 0) is 12.1 Å². The van der Waals surface area contributed by atoms with Crippen LogP contribution in [-0.2, 0) is 4.57 Å². The second-order valence-corrected chi connectivity index (χ2v) is 6.82. The summed E-state index contributed by atoms with van der Waals surface area (Å²) in [5.41, 5.74) is -2.51. The molecule has 1 aromatic carbocycles. The zero-order valence-corrected chi connectivity index (χ0v) is 11.4. The number of nitro groups is 1. The van der Waals surface area contributed by atoms with Crippen molar-refractivity contribution in [3.8, 4) is 0 Å². The van der Waals surface area contributed by atoms with Crippen LogP contribution in [0.25, 0.3) is 0 Å². The molecule has 5 N–H and O–H groups in total. The molecule has 0 saturated carbocycles. The van der Waals surface area contributed by atoms with Crippen molar-refractivity contribution >= 4 is 27.6 Å². The predicted octanol–water partition coefficient (Wildman–Crippen LogP) is 0.0824. The van der Waals surface area contributed by atoms with E-state index in [2.05, 4.69) is 0 Å². The number of nitro benzene ring substituents is 1. The van der Waals surface area contributed by atoms with E-state index in [0.29, 0.717) is 0 Å². The van der Waals surface area contributed by atoms with Gasteiger partial charge < -0.3 is 24.9 Å². The van der Waals surface area contributed by atoms with Gasteiger partial charge in [-0.1, -0.05) is 0 Å². The van der Waals surface area contributed by atoms with Gasteiger partial charge in [-0.15, -0.1) is 0 Å². The van der Waals surface area contributed by atoms with Gasteiger partial charge >= 0.3 is 7.60 Å². The maximum Gasteiger partial charge on any atom is 0.356 e. The molecule has 1 atom stereocenters. The van der Waals surface area contributed by atoms with Crippen molar-refractivity contribution < 1.29 is 33.9 Å². The summed E-state index contributed by atoms with van der Waals surface area (Å²) in [6.07, 6.45) is 0. The molecule has 0 heterocycles. The van der Waals surface area contributed by atoms with Gasteiger partial charge in [0, 0.05) is 17.7 Å². The molecule has 1 rings (SSSR count). The van der Waals surface area contributed by atoms with E-state index in [0.717, 1.165) is 24.3 Å². The molecule has 20 heavy (non-hydrogen) atoms. The second kappa shape index (κ2) is 6.36. The molecule has 0 aliphatic carbocycles. The Morgan fingerprint density at radius 1 is 1.30 bits per heavy atom. The van der Waals surface area contributed by atoms with E-state index < -0.39 is 32.3 Å². The van der Waals surface area contributed by atoms with Crippen molar-refractivity contribution in [1.82, 2.24) is 5.32 Å². The lowest BCUT2D eigenvalue weighted by atomic mass is 10.2. The Morgan fingerprint density at radius 3 is 2.15 bits per heavy atom. The van der Waals surface area contributed by atoms with Crippen LogP contribution in [0.5, 0.6) is 0 Å². The quantitative estimate of drug-likeness (QED) is 0.288. The molecular weight excluding hydrogens is 314 g/mol. The van der Waals surface area contributed by atoms with Crippen LogP contribution >= 0.6 is 16.0 Å². The summed E-state index contributed by atoms with van der Waals surface area (Å²) < 4.78 is 11.0. The van der Waals surface area contributed by atoms with Gasteiger partial charge in [-0.2, -0.15) is 0 Å². The van der Waals surface area contributed by atoms with E-state index in [9.17, 15) is 19.5 Å². The summed E-state index contributed by atoms with van der Waals surface area (Å²) in [7, 11) is -8.04. The molecule has 0 fully saturated rings. The summed E-state index contributed by atoms with van der Waals surface area (Å²) in [6.45, 7) is 0. The third kappa shape index (κ3) is 4.31. The Bertz CT molecular complexity index is 554. The van der Waals surface area contributed by atoms with Crippen LogP contribution < -0.4 is 5.32 Å². The minimum atomic E-state index is -4.94. The molecule has 0 bridgehead atoms. The van der Waals surface area contributed by atoms with Crippen molar-refractivity contribution in [2.24, 2.45) is 0 Å². The number of rotatable bonds is 5. The van der Waals surface area contributed by atoms with Gasteiger partial charge in [0.05, 0.1) is 4.92 Å². The van der Waals surface area contributed by atoms with Crippen molar-refractivity contribution in [1.29, 1.82) is 0 Å². The molecule has 110 valence electrons. The first-order chi connectivity index (χ1) is 9.12. The number of nitrogens with zero attached hydrogens (tertiary/aromatic N) is 1. The summed E-state index contributed by atoms with van der Waals surface area (Å²) in [6, 6.07) is 4.20. The first-order valence-corrected chi connectivity index (χ1v) is 7.90. The lowest BCUT2D eigenvalue weighted by Gasteiger charge is -2.20. The van der Waals surface area contributed by atoms with E-state index in [1.807, 2.05) is 0 Å². The Labute approximate surface area is 113 Å². The molecule has 1 unspecified atom stereocenters. The van der Waals surface area contributed by atoms with Gasteiger partial charge in [0.2, 0.25) is 13.9 Å². The molecule has 1 aromatic rings. The van der Waals surface area contributed by atoms with Gasteiger partial charge in [-0.25, -0.2) is 0 Å². The van der Waals surface area contributed by atoms with E-state index in [4.69, 9.17) is 19.6 Å². The first kappa shape index (κ1) is 16.6. The third-order valence-electron chi connectivity index (χ3n) is 2.14. The molecule has 1 amide bonds. The highest BCUT2D eigenvalue weighted by Crippen LogP contribution is 2.53. The summed E-state index contributed by atoms with van der Waals surface area (Å²) in [4.78, 5) is 56.9. The average molecular weight is 324 g/mol. The Morgan fingerprint density at radius 2 is 1.80 bits per heavy atom. The fourth-order valence-electron chi connectivity index (χ4n) is 1.21. The third-order valence-corrected chi connectivity index (χ3v) is 4.99. The number of hydrogen-bond acceptors (Lipinski definition) is 6. The standard InChI is InChI=1S/C8H10N2O8P2/c11-7(9-8(19(14)15)20(16,17)18)5-1-3-6(4-2-5)10(12)13/h1-4,8,14-15H,(H,9,11)(H2,16,17,18). The SMILES string of the molecule is O=C(NC(P(O)O)P(=O)(O)O)c1ccc([N+](=O)[O-])cc1. The van der Waals surface area contributed by atoms with Crippen LogP contribution in [0.2, 0.25) is 0 Å². The van der Waals surface area contributed by atoms with Crippen LogP contribution in [0.15, 0.2) is 24.3 Å². The topological polar surface area (TPSA) is 170 Å². The van der Waals surface area contributed by atoms with Crippen LogP contribution in [0.4, 0.5) is 5.69 Å². The Hall–Kier alpha value is -1.41. The maximum absolute atomic E-state index is 11.7. The number of nitrogens with one attached hydrogen (secondary N) is 1. The second-order valence-electron chi connectivity index (χ2n) is 3.56. The zero-order chi connectivity index (χ0) is 15.5. The smallest absolute Gasteiger partial charge is 0.348 e. The molecule has 0 aromatic heterocycles. The van der Waals surface area contributed by atoms with E-state index in [1.165, 1.54) is 0 Å². The summed E-state index contributed by atoms with van der Waals surface area (Å²) in [5, 5.41) is 12.2. The number of carbonyl (C=O) groups excluding carboxylic acids is 1. The van der Waals surface area contributed by atoms with Crippen LogP contribution in [0.3, 0.4) is 0 Å². The molecule has 0 spiro atoms. The van der Waals surface area contributed by atoms with E-state index >= 15 is 0 Å². The normalized spacial score (nSPS) is 13.1. The number of carbonyl (C=O) groups is 1. The number of non-ortho nitro benzene ring substituents is 1. The fourth-order valence-corrected chi connectivity index (χ4v) is 2.81. The predicted molar refractivity (Wildman–Crippen MR) is 67.8 cm³/mol. The molecule has 0 aliphatic rings. The highest BCUT2D eigenvalue weighted by molar-refractivity contribution is 7.67. The molecule has 0 aliphatic heterocycles. The molecule has 0 radical (unpaired) electrons. The largest absolute Gasteiger partial charge is 0.356 e. The fraction of sp³-hybridized carbons (Fsp3) is 0.125. The van der Waals surface area contributed by atoms with Crippen LogP contribution in [0, 0.1) is 10.1 Å². The van der Waals surface area contributed by atoms with E-state index in [1.54, 1.807) is 5.32 Å². The van der Waals surface area contributed by atoms with Gasteiger partial charge in [0.15, 0.2) is 0 Å². The van der Waals surface area contributed by atoms with E-state index in [-0.39, 0.29) is 11.3 Å². The molecular formula is C8H10N2O8P2. The Kier molecular flexibility index (Phi) is 5.29. The lowest BCUT2D eigenvalue weighted by molar-refractivity contribution is -0.384. The van der Waals surface area contributed by atoms with Crippen molar-refractivity contribution in [3.05, 3.63) is 39.9 Å². The lowest BCUT2D eigenvalue weighted by Crippen LogP contribution is -2.33. The summed E-state index contributed by atoms with van der Waals surface area (Å²) in [5.74, 6) is -0.996. The number of benzene rings is 1. The first-order valence-electron chi connectivity index (χ1n) is 4.90. The van der Waals surface area contributed by atoms with Gasteiger partial charge in [0.25, 0.3) is 11.6 Å². The zero-order valence-electron chi connectivity index (χ0n) is 9.65.